The minimum absolute atomic E-state index is 0.0374. The Bertz CT molecular complexity index is 727. The molecule has 1 unspecified atom stereocenters. The maximum absolute atomic E-state index is 12.1. The van der Waals surface area contributed by atoms with Crippen LogP contribution in [-0.2, 0) is 24.3 Å². The van der Waals surface area contributed by atoms with Crippen LogP contribution in [0.3, 0.4) is 0 Å². The van der Waals surface area contributed by atoms with E-state index in [2.05, 4.69) is 10.6 Å². The third-order valence-electron chi connectivity index (χ3n) is 3.97. The standard InChI is InChI=1S/C17H25N3O5S/c1-13(21)19-14-5-7-15(8-6-14)20(26(2,23)24)10-9-17(22)18-12-16-4-3-11-25-16/h5-8,16H,3-4,9-12H2,1-2H3,(H,18,22)(H,19,21). The largest absolute Gasteiger partial charge is 0.376 e. The Morgan fingerprint density at radius 2 is 1.96 bits per heavy atom. The van der Waals surface area contributed by atoms with Crippen molar-refractivity contribution in [1.82, 2.24) is 5.32 Å². The first kappa shape index (κ1) is 20.2. The third-order valence-corrected chi connectivity index (χ3v) is 5.16. The number of anilines is 2. The molecule has 144 valence electrons. The number of nitrogens with zero attached hydrogens (tertiary/aromatic N) is 1. The van der Waals surface area contributed by atoms with Crippen molar-refractivity contribution < 1.29 is 22.7 Å². The fourth-order valence-electron chi connectivity index (χ4n) is 2.73. The van der Waals surface area contributed by atoms with Gasteiger partial charge in [0.1, 0.15) is 0 Å². The van der Waals surface area contributed by atoms with Crippen molar-refractivity contribution in [2.24, 2.45) is 0 Å². The molecule has 1 aliphatic heterocycles. The first-order valence-corrected chi connectivity index (χ1v) is 10.3. The van der Waals surface area contributed by atoms with Gasteiger partial charge in [0.05, 0.1) is 18.0 Å². The molecule has 0 bridgehead atoms. The van der Waals surface area contributed by atoms with Gasteiger partial charge in [-0.25, -0.2) is 8.42 Å². The van der Waals surface area contributed by atoms with Crippen molar-refractivity contribution >= 4 is 33.2 Å². The maximum Gasteiger partial charge on any atom is 0.232 e. The number of rotatable bonds is 8. The van der Waals surface area contributed by atoms with Gasteiger partial charge in [0.2, 0.25) is 21.8 Å². The highest BCUT2D eigenvalue weighted by Gasteiger charge is 2.20. The second kappa shape index (κ2) is 9.00. The van der Waals surface area contributed by atoms with E-state index in [0.29, 0.717) is 17.9 Å². The lowest BCUT2D eigenvalue weighted by Gasteiger charge is -2.22. The van der Waals surface area contributed by atoms with Gasteiger partial charge < -0.3 is 15.4 Å². The van der Waals surface area contributed by atoms with Crippen LogP contribution in [0.4, 0.5) is 11.4 Å². The molecule has 1 aromatic rings. The van der Waals surface area contributed by atoms with Gasteiger partial charge >= 0.3 is 0 Å². The lowest BCUT2D eigenvalue weighted by molar-refractivity contribution is -0.121. The second-order valence-corrected chi connectivity index (χ2v) is 8.16. The van der Waals surface area contributed by atoms with Gasteiger partial charge in [-0.05, 0) is 37.1 Å². The van der Waals surface area contributed by atoms with E-state index in [-0.39, 0.29) is 30.9 Å². The fraction of sp³-hybridized carbons (Fsp3) is 0.529. The number of hydrogen-bond acceptors (Lipinski definition) is 5. The molecule has 26 heavy (non-hydrogen) atoms. The zero-order valence-electron chi connectivity index (χ0n) is 15.0. The Balaban J connectivity index is 1.94. The summed E-state index contributed by atoms with van der Waals surface area (Å²) < 4.78 is 30.8. The van der Waals surface area contributed by atoms with Gasteiger partial charge in [0, 0.05) is 38.7 Å². The van der Waals surface area contributed by atoms with Crippen molar-refractivity contribution in [3.05, 3.63) is 24.3 Å². The van der Waals surface area contributed by atoms with E-state index < -0.39 is 10.0 Å². The quantitative estimate of drug-likeness (QED) is 0.699. The number of carbonyl (C=O) groups is 2. The van der Waals surface area contributed by atoms with Crippen LogP contribution in [0.2, 0.25) is 0 Å². The average molecular weight is 383 g/mol. The molecule has 0 spiro atoms. The number of nitrogens with one attached hydrogen (secondary N) is 2. The topological polar surface area (TPSA) is 105 Å². The molecule has 2 rings (SSSR count). The van der Waals surface area contributed by atoms with Crippen molar-refractivity contribution in [3.63, 3.8) is 0 Å². The Hall–Kier alpha value is -2.13. The molecule has 9 heteroatoms. The lowest BCUT2D eigenvalue weighted by Crippen LogP contribution is -2.36. The number of ether oxygens (including phenoxy) is 1. The molecule has 0 saturated carbocycles. The van der Waals surface area contributed by atoms with Crippen LogP contribution in [0.15, 0.2) is 24.3 Å². The van der Waals surface area contributed by atoms with Gasteiger partial charge in [0.25, 0.3) is 0 Å². The number of benzene rings is 1. The molecule has 1 saturated heterocycles. The number of carbonyl (C=O) groups excluding carboxylic acids is 2. The monoisotopic (exact) mass is 383 g/mol. The predicted octanol–water partition coefficient (Wildman–Crippen LogP) is 1.10. The van der Waals surface area contributed by atoms with Crippen LogP contribution in [-0.4, -0.2) is 52.3 Å². The Morgan fingerprint density at radius 1 is 1.27 bits per heavy atom. The number of hydrogen-bond donors (Lipinski definition) is 2. The summed E-state index contributed by atoms with van der Waals surface area (Å²) in [6.45, 7) is 2.60. The minimum Gasteiger partial charge on any atom is -0.376 e. The predicted molar refractivity (Wildman–Crippen MR) is 99.5 cm³/mol. The maximum atomic E-state index is 12.1. The summed E-state index contributed by atoms with van der Waals surface area (Å²) in [6.07, 6.45) is 3.12. The zero-order chi connectivity index (χ0) is 19.2. The molecular formula is C17H25N3O5S. The Morgan fingerprint density at radius 3 is 2.50 bits per heavy atom. The molecular weight excluding hydrogens is 358 g/mol. The normalized spacial score (nSPS) is 16.9. The van der Waals surface area contributed by atoms with Crippen LogP contribution in [0.1, 0.15) is 26.2 Å². The molecule has 1 aliphatic rings. The summed E-state index contributed by atoms with van der Waals surface area (Å²) in [7, 11) is -3.54. The summed E-state index contributed by atoms with van der Waals surface area (Å²) in [5, 5.41) is 5.40. The first-order valence-electron chi connectivity index (χ1n) is 8.49. The summed E-state index contributed by atoms with van der Waals surface area (Å²) in [6, 6.07) is 6.42. The number of amides is 2. The van der Waals surface area contributed by atoms with Gasteiger partial charge in [-0.1, -0.05) is 0 Å². The molecule has 2 N–H and O–H groups in total. The summed E-state index contributed by atoms with van der Waals surface area (Å²) >= 11 is 0. The molecule has 1 fully saturated rings. The number of sulfonamides is 1. The van der Waals surface area contributed by atoms with Gasteiger partial charge in [0.15, 0.2) is 0 Å². The van der Waals surface area contributed by atoms with Crippen LogP contribution in [0.5, 0.6) is 0 Å². The van der Waals surface area contributed by atoms with Crippen LogP contribution >= 0.6 is 0 Å². The molecule has 1 aromatic carbocycles. The van der Waals surface area contributed by atoms with E-state index in [4.69, 9.17) is 4.74 Å². The van der Waals surface area contributed by atoms with E-state index in [9.17, 15) is 18.0 Å². The first-order chi connectivity index (χ1) is 12.3. The van der Waals surface area contributed by atoms with E-state index >= 15 is 0 Å². The van der Waals surface area contributed by atoms with Crippen molar-refractivity contribution in [1.29, 1.82) is 0 Å². The molecule has 0 aromatic heterocycles. The van der Waals surface area contributed by atoms with Crippen LogP contribution < -0.4 is 14.9 Å². The lowest BCUT2D eigenvalue weighted by atomic mass is 10.2. The summed E-state index contributed by atoms with van der Waals surface area (Å²) in [4.78, 5) is 23.1. The van der Waals surface area contributed by atoms with Gasteiger partial charge in [-0.2, -0.15) is 0 Å². The fourth-order valence-corrected chi connectivity index (χ4v) is 3.65. The van der Waals surface area contributed by atoms with Gasteiger partial charge in [-0.15, -0.1) is 0 Å². The highest BCUT2D eigenvalue weighted by atomic mass is 32.2. The Kier molecular flexibility index (Phi) is 6.98. The van der Waals surface area contributed by atoms with E-state index in [1.54, 1.807) is 24.3 Å². The molecule has 1 atom stereocenters. The summed E-state index contributed by atoms with van der Waals surface area (Å²) in [5.74, 6) is -0.426. The van der Waals surface area contributed by atoms with Gasteiger partial charge in [-0.3, -0.25) is 13.9 Å². The van der Waals surface area contributed by atoms with E-state index in [1.165, 1.54) is 11.2 Å². The van der Waals surface area contributed by atoms with Crippen molar-refractivity contribution in [3.8, 4) is 0 Å². The third kappa shape index (κ3) is 6.30. The molecule has 1 heterocycles. The summed E-state index contributed by atoms with van der Waals surface area (Å²) in [5.41, 5.74) is 1.01. The van der Waals surface area contributed by atoms with Crippen molar-refractivity contribution in [2.75, 3.05) is 35.6 Å². The zero-order valence-corrected chi connectivity index (χ0v) is 15.8. The second-order valence-electron chi connectivity index (χ2n) is 6.25. The van der Waals surface area contributed by atoms with Crippen LogP contribution in [0.25, 0.3) is 0 Å². The highest BCUT2D eigenvalue weighted by molar-refractivity contribution is 7.92. The van der Waals surface area contributed by atoms with E-state index in [1.807, 2.05) is 0 Å². The van der Waals surface area contributed by atoms with E-state index in [0.717, 1.165) is 25.7 Å². The van der Waals surface area contributed by atoms with Crippen molar-refractivity contribution in [2.45, 2.75) is 32.3 Å². The average Bonchev–Trinajstić information content (AvgIpc) is 3.06. The highest BCUT2D eigenvalue weighted by Crippen LogP contribution is 2.21. The minimum atomic E-state index is -3.54. The Labute approximate surface area is 153 Å². The molecule has 2 amide bonds. The molecule has 8 nitrogen and oxygen atoms in total. The smallest absolute Gasteiger partial charge is 0.232 e. The molecule has 0 aliphatic carbocycles. The molecule has 0 radical (unpaired) electrons. The SMILES string of the molecule is CC(=O)Nc1ccc(N(CCC(=O)NCC2CCCO2)S(C)(=O)=O)cc1. The van der Waals surface area contributed by atoms with Crippen LogP contribution in [0, 0.1) is 0 Å².